The Morgan fingerprint density at radius 3 is 2.63 bits per heavy atom. The van der Waals surface area contributed by atoms with Crippen molar-refractivity contribution >= 4 is 0 Å². The molecular formula is C13H23N3O3. The highest BCUT2D eigenvalue weighted by Gasteiger charge is 2.41. The summed E-state index contributed by atoms with van der Waals surface area (Å²) >= 11 is 0. The van der Waals surface area contributed by atoms with Gasteiger partial charge in [-0.3, -0.25) is 0 Å². The second-order valence-electron chi connectivity index (χ2n) is 5.55. The molecule has 0 radical (unpaired) electrons. The second-order valence-corrected chi connectivity index (χ2v) is 5.55. The maximum atomic E-state index is 5.92. The number of aromatic nitrogens is 2. The Balaban J connectivity index is 2.28. The summed E-state index contributed by atoms with van der Waals surface area (Å²) in [6.07, 6.45) is 1.51. The minimum absolute atomic E-state index is 0.316. The van der Waals surface area contributed by atoms with Crippen molar-refractivity contribution in [1.82, 2.24) is 10.1 Å². The zero-order chi connectivity index (χ0) is 13.9. The van der Waals surface area contributed by atoms with Crippen molar-refractivity contribution in [2.45, 2.75) is 44.6 Å². The molecular weight excluding hydrogens is 246 g/mol. The zero-order valence-electron chi connectivity index (χ0n) is 11.9. The lowest BCUT2D eigenvalue weighted by Crippen LogP contribution is -2.38. The Labute approximate surface area is 113 Å². The van der Waals surface area contributed by atoms with Crippen LogP contribution in [0.1, 0.15) is 45.3 Å². The van der Waals surface area contributed by atoms with Crippen LogP contribution in [0.4, 0.5) is 0 Å². The van der Waals surface area contributed by atoms with Crippen LogP contribution >= 0.6 is 0 Å². The smallest absolute Gasteiger partial charge is 0.233 e. The van der Waals surface area contributed by atoms with Crippen molar-refractivity contribution in [2.75, 3.05) is 26.4 Å². The van der Waals surface area contributed by atoms with E-state index in [-0.39, 0.29) is 5.41 Å². The SMILES string of the molecule is CCOC1(c2noc(C(C)(C)CN)n2)CCOCC1. The van der Waals surface area contributed by atoms with Crippen LogP contribution in [0.15, 0.2) is 4.52 Å². The molecule has 1 saturated heterocycles. The molecule has 0 saturated carbocycles. The van der Waals surface area contributed by atoms with Gasteiger partial charge in [0.2, 0.25) is 11.7 Å². The predicted octanol–water partition coefficient (Wildman–Crippen LogP) is 1.35. The first kappa shape index (κ1) is 14.4. The number of hydrogen-bond donors (Lipinski definition) is 1. The van der Waals surface area contributed by atoms with Crippen LogP contribution < -0.4 is 5.73 Å². The first-order valence-electron chi connectivity index (χ1n) is 6.80. The van der Waals surface area contributed by atoms with Crippen molar-refractivity contribution < 1.29 is 14.0 Å². The molecule has 0 amide bonds. The fourth-order valence-electron chi connectivity index (χ4n) is 2.18. The molecule has 2 rings (SSSR count). The van der Waals surface area contributed by atoms with Gasteiger partial charge >= 0.3 is 0 Å². The summed E-state index contributed by atoms with van der Waals surface area (Å²) < 4.78 is 16.7. The van der Waals surface area contributed by atoms with Crippen LogP contribution in [0, 0.1) is 0 Å². The fraction of sp³-hybridized carbons (Fsp3) is 0.846. The van der Waals surface area contributed by atoms with E-state index in [0.717, 1.165) is 12.8 Å². The van der Waals surface area contributed by atoms with Crippen LogP contribution in [0.2, 0.25) is 0 Å². The minimum atomic E-state index is -0.473. The molecule has 0 bridgehead atoms. The predicted molar refractivity (Wildman–Crippen MR) is 69.7 cm³/mol. The first-order chi connectivity index (χ1) is 9.04. The normalized spacial score (nSPS) is 19.6. The summed E-state index contributed by atoms with van der Waals surface area (Å²) in [6.45, 7) is 8.34. The minimum Gasteiger partial charge on any atom is -0.381 e. The van der Waals surface area contributed by atoms with E-state index in [2.05, 4.69) is 10.1 Å². The fourth-order valence-corrected chi connectivity index (χ4v) is 2.18. The molecule has 19 heavy (non-hydrogen) atoms. The van der Waals surface area contributed by atoms with Gasteiger partial charge in [-0.1, -0.05) is 5.16 Å². The van der Waals surface area contributed by atoms with Crippen molar-refractivity contribution in [3.8, 4) is 0 Å². The maximum absolute atomic E-state index is 5.92. The number of hydrogen-bond acceptors (Lipinski definition) is 6. The van der Waals surface area contributed by atoms with E-state index in [4.69, 9.17) is 19.7 Å². The van der Waals surface area contributed by atoms with Crippen molar-refractivity contribution in [1.29, 1.82) is 0 Å². The van der Waals surface area contributed by atoms with Crippen molar-refractivity contribution in [2.24, 2.45) is 5.73 Å². The standard InChI is InChI=1S/C13H23N3O3/c1-4-18-13(5-7-17-8-6-13)10-15-11(19-16-10)12(2,3)9-14/h4-9,14H2,1-3H3. The lowest BCUT2D eigenvalue weighted by Gasteiger charge is -2.33. The van der Waals surface area contributed by atoms with Gasteiger partial charge in [0, 0.05) is 39.2 Å². The summed E-state index contributed by atoms with van der Waals surface area (Å²) in [5, 5.41) is 4.12. The topological polar surface area (TPSA) is 83.4 Å². The van der Waals surface area contributed by atoms with E-state index in [0.29, 0.717) is 38.1 Å². The Hall–Kier alpha value is -0.980. The third kappa shape index (κ3) is 2.80. The molecule has 6 nitrogen and oxygen atoms in total. The monoisotopic (exact) mass is 269 g/mol. The molecule has 0 aliphatic carbocycles. The Kier molecular flexibility index (Phi) is 4.23. The quantitative estimate of drug-likeness (QED) is 0.868. The zero-order valence-corrected chi connectivity index (χ0v) is 11.9. The second kappa shape index (κ2) is 5.56. The Morgan fingerprint density at radius 1 is 1.37 bits per heavy atom. The molecule has 0 aromatic carbocycles. The van der Waals surface area contributed by atoms with Gasteiger partial charge in [0.25, 0.3) is 0 Å². The molecule has 108 valence electrons. The third-order valence-electron chi connectivity index (χ3n) is 3.64. The largest absolute Gasteiger partial charge is 0.381 e. The van der Waals surface area contributed by atoms with Gasteiger partial charge in [-0.25, -0.2) is 0 Å². The molecule has 0 unspecified atom stereocenters. The number of rotatable bonds is 5. The molecule has 1 aromatic rings. The molecule has 6 heteroatoms. The van der Waals surface area contributed by atoms with E-state index in [1.54, 1.807) is 0 Å². The molecule has 1 fully saturated rings. The molecule has 2 N–H and O–H groups in total. The molecule has 1 aliphatic heterocycles. The van der Waals surface area contributed by atoms with E-state index < -0.39 is 5.60 Å². The summed E-state index contributed by atoms with van der Waals surface area (Å²) in [7, 11) is 0. The summed E-state index contributed by atoms with van der Waals surface area (Å²) in [5.41, 5.74) is 4.95. The highest BCUT2D eigenvalue weighted by Crippen LogP contribution is 2.35. The van der Waals surface area contributed by atoms with Gasteiger partial charge in [-0.05, 0) is 20.8 Å². The number of nitrogens with two attached hydrogens (primary N) is 1. The molecule has 1 aliphatic rings. The van der Waals surface area contributed by atoms with E-state index in [9.17, 15) is 0 Å². The van der Waals surface area contributed by atoms with Crippen LogP contribution in [-0.4, -0.2) is 36.5 Å². The molecule has 2 heterocycles. The van der Waals surface area contributed by atoms with E-state index >= 15 is 0 Å². The van der Waals surface area contributed by atoms with Gasteiger partial charge < -0.3 is 19.7 Å². The third-order valence-corrected chi connectivity index (χ3v) is 3.64. The highest BCUT2D eigenvalue weighted by molar-refractivity contribution is 5.08. The van der Waals surface area contributed by atoms with Gasteiger partial charge in [0.05, 0.1) is 5.41 Å². The lowest BCUT2D eigenvalue weighted by atomic mass is 9.92. The van der Waals surface area contributed by atoms with Crippen LogP contribution in [0.5, 0.6) is 0 Å². The van der Waals surface area contributed by atoms with E-state index in [1.165, 1.54) is 0 Å². The van der Waals surface area contributed by atoms with Gasteiger partial charge in [0.15, 0.2) is 0 Å². The summed E-state index contributed by atoms with van der Waals surface area (Å²) in [4.78, 5) is 4.53. The lowest BCUT2D eigenvalue weighted by molar-refractivity contribution is -0.118. The average molecular weight is 269 g/mol. The molecule has 1 aromatic heterocycles. The van der Waals surface area contributed by atoms with Gasteiger partial charge in [0.1, 0.15) is 5.60 Å². The van der Waals surface area contributed by atoms with Crippen LogP contribution in [0.25, 0.3) is 0 Å². The van der Waals surface area contributed by atoms with Gasteiger partial charge in [-0.15, -0.1) is 0 Å². The van der Waals surface area contributed by atoms with Crippen molar-refractivity contribution in [3.05, 3.63) is 11.7 Å². The summed E-state index contributed by atoms with van der Waals surface area (Å²) in [6, 6.07) is 0. The van der Waals surface area contributed by atoms with Crippen LogP contribution in [-0.2, 0) is 20.5 Å². The maximum Gasteiger partial charge on any atom is 0.233 e. The highest BCUT2D eigenvalue weighted by atomic mass is 16.5. The van der Waals surface area contributed by atoms with Crippen LogP contribution in [0.3, 0.4) is 0 Å². The molecule has 0 atom stereocenters. The van der Waals surface area contributed by atoms with Crippen molar-refractivity contribution in [3.63, 3.8) is 0 Å². The Bertz CT molecular complexity index is 406. The number of nitrogens with zero attached hydrogens (tertiary/aromatic N) is 2. The number of ether oxygens (including phenoxy) is 2. The van der Waals surface area contributed by atoms with Gasteiger partial charge in [-0.2, -0.15) is 4.98 Å². The average Bonchev–Trinajstić information content (AvgIpc) is 2.91. The molecule has 0 spiro atoms. The summed E-state index contributed by atoms with van der Waals surface area (Å²) in [5.74, 6) is 1.18. The van der Waals surface area contributed by atoms with E-state index in [1.807, 2.05) is 20.8 Å². The first-order valence-corrected chi connectivity index (χ1v) is 6.80. The Morgan fingerprint density at radius 2 is 2.05 bits per heavy atom.